The number of hydrogen-bond acceptors (Lipinski definition) is 4. The zero-order valence-corrected chi connectivity index (χ0v) is 7.94. The molecule has 9 heavy (non-hydrogen) atoms. The Bertz CT molecular complexity index is 185. The van der Waals surface area contributed by atoms with Gasteiger partial charge in [-0.05, 0) is 0 Å². The van der Waals surface area contributed by atoms with Gasteiger partial charge in [-0.1, -0.05) is 5.21 Å². The van der Waals surface area contributed by atoms with Crippen LogP contribution in [0.4, 0.5) is 4.79 Å². The van der Waals surface area contributed by atoms with E-state index in [0.717, 1.165) is 0 Å². The molecule has 0 aliphatic rings. The van der Waals surface area contributed by atoms with Crippen LogP contribution in [0.5, 0.6) is 0 Å². The van der Waals surface area contributed by atoms with E-state index < -0.39 is 6.09 Å². The Morgan fingerprint density at radius 3 is 2.56 bits per heavy atom. The van der Waals surface area contributed by atoms with Crippen molar-refractivity contribution < 1.29 is 61.3 Å². The van der Waals surface area contributed by atoms with E-state index in [9.17, 15) is 9.90 Å². The van der Waals surface area contributed by atoms with Crippen molar-refractivity contribution >= 4 is 6.09 Å². The molecule has 6 heteroatoms. The van der Waals surface area contributed by atoms with E-state index >= 15 is 0 Å². The zero-order valence-electron chi connectivity index (χ0n) is 4.81. The number of rotatable bonds is 0. The monoisotopic (exact) mass is 151 g/mol. The van der Waals surface area contributed by atoms with E-state index in [1.54, 1.807) is 0 Å². The minimum Gasteiger partial charge on any atom is -0.528 e. The Morgan fingerprint density at radius 1 is 1.67 bits per heavy atom. The molecule has 1 rings (SSSR count). The van der Waals surface area contributed by atoms with Gasteiger partial charge in [0.1, 0.15) is 0 Å². The van der Waals surface area contributed by atoms with Gasteiger partial charge in [-0.2, -0.15) is 0 Å². The Labute approximate surface area is 93.5 Å². The summed E-state index contributed by atoms with van der Waals surface area (Å²) in [5.74, 6) is 0. The van der Waals surface area contributed by atoms with Gasteiger partial charge in [0.05, 0.1) is 12.4 Å². The van der Waals surface area contributed by atoms with Crippen molar-refractivity contribution in [2.45, 2.75) is 0 Å². The van der Waals surface area contributed by atoms with Crippen LogP contribution >= 0.6 is 0 Å². The predicted octanol–water partition coefficient (Wildman–Crippen LogP) is -4.53. The van der Waals surface area contributed by atoms with E-state index in [2.05, 4.69) is 10.3 Å². The van der Waals surface area contributed by atoms with Gasteiger partial charge in [0, 0.05) is 0 Å². The first kappa shape index (κ1) is 9.25. The second-order valence-electron chi connectivity index (χ2n) is 1.11. The van der Waals surface area contributed by atoms with Crippen LogP contribution in [0.15, 0.2) is 12.4 Å². The number of nitrogens with zero attached hydrogens (tertiary/aromatic N) is 3. The SMILES string of the molecule is O=C([O-])n1ccnn1.[K+]. The average Bonchev–Trinajstić information content (AvgIpc) is 2.12. The van der Waals surface area contributed by atoms with Crippen molar-refractivity contribution in [3.05, 3.63) is 12.4 Å². The molecule has 42 valence electrons. The van der Waals surface area contributed by atoms with Crippen LogP contribution in [-0.4, -0.2) is 21.1 Å². The summed E-state index contributed by atoms with van der Waals surface area (Å²) in [6.45, 7) is 0. The Balaban J connectivity index is 0.000000640. The molecule has 5 nitrogen and oxygen atoms in total. The Kier molecular flexibility index (Phi) is 4.24. The summed E-state index contributed by atoms with van der Waals surface area (Å²) in [5.41, 5.74) is 0. The maximum atomic E-state index is 9.81. The molecule has 0 amide bonds. The largest absolute Gasteiger partial charge is 1.00 e. The summed E-state index contributed by atoms with van der Waals surface area (Å²) < 4.78 is 0.611. The summed E-state index contributed by atoms with van der Waals surface area (Å²) in [7, 11) is 0. The fraction of sp³-hybridized carbons (Fsp3) is 0. The molecule has 0 unspecified atom stereocenters. The summed E-state index contributed by atoms with van der Waals surface area (Å²) in [6, 6.07) is 0. The van der Waals surface area contributed by atoms with E-state index in [1.807, 2.05) is 0 Å². The van der Waals surface area contributed by atoms with Gasteiger partial charge in [-0.15, -0.1) is 5.10 Å². The normalized spacial score (nSPS) is 8.00. The third-order valence-corrected chi connectivity index (χ3v) is 0.610. The molecule has 0 saturated carbocycles. The van der Waals surface area contributed by atoms with Gasteiger partial charge in [-0.25, -0.2) is 4.68 Å². The molecule has 0 atom stereocenters. The van der Waals surface area contributed by atoms with Crippen molar-refractivity contribution in [3.8, 4) is 0 Å². The molecule has 1 heterocycles. The molecular weight excluding hydrogens is 149 g/mol. The molecule has 1 aromatic rings. The number of carbonyl (C=O) groups excluding carboxylic acids is 1. The first-order valence-electron chi connectivity index (χ1n) is 1.88. The summed E-state index contributed by atoms with van der Waals surface area (Å²) >= 11 is 0. The molecule has 0 radical (unpaired) electrons. The third-order valence-electron chi connectivity index (χ3n) is 0.610. The average molecular weight is 151 g/mol. The maximum absolute atomic E-state index is 9.81. The number of aromatic nitrogens is 3. The molecular formula is C3H2KN3O2. The molecule has 1 aromatic heterocycles. The van der Waals surface area contributed by atoms with E-state index in [4.69, 9.17) is 0 Å². The molecule has 0 fully saturated rings. The molecule has 0 aromatic carbocycles. The summed E-state index contributed by atoms with van der Waals surface area (Å²) in [5, 5.41) is 16.2. The number of carbonyl (C=O) groups is 1. The first-order valence-corrected chi connectivity index (χ1v) is 1.88. The van der Waals surface area contributed by atoms with Crippen molar-refractivity contribution in [3.63, 3.8) is 0 Å². The van der Waals surface area contributed by atoms with Crippen LogP contribution < -0.4 is 56.5 Å². The minimum absolute atomic E-state index is 0. The van der Waals surface area contributed by atoms with Crippen molar-refractivity contribution in [2.24, 2.45) is 0 Å². The maximum Gasteiger partial charge on any atom is 1.00 e. The van der Waals surface area contributed by atoms with Crippen LogP contribution in [0.2, 0.25) is 0 Å². The van der Waals surface area contributed by atoms with Gasteiger partial charge in [0.15, 0.2) is 6.09 Å². The first-order chi connectivity index (χ1) is 3.80. The van der Waals surface area contributed by atoms with Gasteiger partial charge < -0.3 is 9.90 Å². The van der Waals surface area contributed by atoms with Crippen LogP contribution in [0.25, 0.3) is 0 Å². The molecule has 0 aliphatic carbocycles. The molecule has 0 bridgehead atoms. The topological polar surface area (TPSA) is 70.8 Å². The molecule has 0 N–H and O–H groups in total. The van der Waals surface area contributed by atoms with Gasteiger partial charge in [0.2, 0.25) is 0 Å². The van der Waals surface area contributed by atoms with Crippen LogP contribution in [0, 0.1) is 0 Å². The van der Waals surface area contributed by atoms with Gasteiger partial charge in [0.25, 0.3) is 0 Å². The Morgan fingerprint density at radius 2 is 2.33 bits per heavy atom. The molecule has 0 aliphatic heterocycles. The van der Waals surface area contributed by atoms with E-state index in [1.165, 1.54) is 12.4 Å². The van der Waals surface area contributed by atoms with Crippen LogP contribution in [-0.2, 0) is 0 Å². The Hall–Kier alpha value is 0.246. The standard InChI is InChI=1S/C3H3N3O2.K/c7-3(8)6-2-1-4-5-6;/h1-2H,(H,7,8);/q;+1/p-1. The third kappa shape index (κ3) is 2.54. The zero-order chi connectivity index (χ0) is 5.98. The summed E-state index contributed by atoms with van der Waals surface area (Å²) in [4.78, 5) is 9.81. The van der Waals surface area contributed by atoms with E-state index in [0.29, 0.717) is 4.68 Å². The molecule has 0 saturated heterocycles. The van der Waals surface area contributed by atoms with Crippen molar-refractivity contribution in [1.82, 2.24) is 15.0 Å². The second kappa shape index (κ2) is 4.12. The van der Waals surface area contributed by atoms with E-state index in [-0.39, 0.29) is 51.4 Å². The molecule has 0 spiro atoms. The van der Waals surface area contributed by atoms with Crippen LogP contribution in [0.1, 0.15) is 0 Å². The number of hydrogen-bond donors (Lipinski definition) is 0. The van der Waals surface area contributed by atoms with Gasteiger partial charge >= 0.3 is 51.4 Å². The van der Waals surface area contributed by atoms with Crippen molar-refractivity contribution in [2.75, 3.05) is 0 Å². The minimum atomic E-state index is -1.37. The smallest absolute Gasteiger partial charge is 0.528 e. The predicted molar refractivity (Wildman–Crippen MR) is 20.8 cm³/mol. The van der Waals surface area contributed by atoms with Crippen LogP contribution in [0.3, 0.4) is 0 Å². The fourth-order valence-electron chi connectivity index (χ4n) is 0.306. The second-order valence-corrected chi connectivity index (χ2v) is 1.11. The summed E-state index contributed by atoms with van der Waals surface area (Å²) in [6.07, 6.45) is 1.08. The van der Waals surface area contributed by atoms with Crippen molar-refractivity contribution in [1.29, 1.82) is 0 Å². The van der Waals surface area contributed by atoms with Gasteiger partial charge in [-0.3, -0.25) is 0 Å². The quantitative estimate of drug-likeness (QED) is 0.350. The number of carboxylic acid groups (broad SMARTS) is 1. The fourth-order valence-corrected chi connectivity index (χ4v) is 0.306.